The number of esters is 1. The number of hydrogen-bond donors (Lipinski definition) is 3. The van der Waals surface area contributed by atoms with Crippen LogP contribution in [-0.2, 0) is 25.5 Å². The molecule has 0 aliphatic carbocycles. The molecule has 2 atom stereocenters. The Kier molecular flexibility index (Phi) is 10.9. The van der Waals surface area contributed by atoms with Gasteiger partial charge in [0.15, 0.2) is 0 Å². The number of benzene rings is 1. The summed E-state index contributed by atoms with van der Waals surface area (Å²) in [7, 11) is 1.31. The lowest BCUT2D eigenvalue weighted by molar-refractivity contribution is -0.145. The predicted octanol–water partition coefficient (Wildman–Crippen LogP) is 1.35. The van der Waals surface area contributed by atoms with Gasteiger partial charge in [-0.25, -0.2) is 4.79 Å². The van der Waals surface area contributed by atoms with E-state index in [1.165, 1.54) is 7.11 Å². The van der Waals surface area contributed by atoms with E-state index in [0.29, 0.717) is 12.8 Å². The topological polar surface area (TPSA) is 119 Å². The first-order valence-corrected chi connectivity index (χ1v) is 8.04. The maximum atomic E-state index is 12.1. The molecule has 0 spiro atoms. The standard InChI is InChI=1S/C16H24N2O3.C2H4O2/c1-11(2)9-14(16(20)21-3)18-15(19)13(17)10-12-7-5-4-6-8-12;1-2(3)4/h4-8,11,13-14H,9-10,17H2,1-3H3,(H,18,19);1H3,(H,3,4)/t13?,14-;/m0./s1. The molecule has 0 saturated carbocycles. The highest BCUT2D eigenvalue weighted by Gasteiger charge is 2.25. The minimum Gasteiger partial charge on any atom is -0.481 e. The fourth-order valence-electron chi connectivity index (χ4n) is 2.07. The highest BCUT2D eigenvalue weighted by atomic mass is 16.5. The Morgan fingerprint density at radius 3 is 2.16 bits per heavy atom. The number of nitrogens with two attached hydrogens (primary N) is 1. The zero-order chi connectivity index (χ0) is 19.4. The average Bonchev–Trinajstić information content (AvgIpc) is 2.53. The molecule has 140 valence electrons. The molecule has 0 aromatic heterocycles. The van der Waals surface area contributed by atoms with Crippen LogP contribution in [0, 0.1) is 5.92 Å². The third-order valence-electron chi connectivity index (χ3n) is 3.14. The fraction of sp³-hybridized carbons (Fsp3) is 0.500. The van der Waals surface area contributed by atoms with Crippen LogP contribution in [0.2, 0.25) is 0 Å². The second-order valence-corrected chi connectivity index (χ2v) is 6.03. The number of carboxylic acid groups (broad SMARTS) is 1. The summed E-state index contributed by atoms with van der Waals surface area (Å²) in [4.78, 5) is 32.8. The van der Waals surface area contributed by atoms with Crippen molar-refractivity contribution in [2.24, 2.45) is 11.7 Å². The minimum absolute atomic E-state index is 0.264. The zero-order valence-corrected chi connectivity index (χ0v) is 15.2. The predicted molar refractivity (Wildman–Crippen MR) is 94.8 cm³/mol. The Labute approximate surface area is 148 Å². The van der Waals surface area contributed by atoms with E-state index in [0.717, 1.165) is 12.5 Å². The van der Waals surface area contributed by atoms with E-state index in [9.17, 15) is 9.59 Å². The van der Waals surface area contributed by atoms with Gasteiger partial charge in [-0.15, -0.1) is 0 Å². The molecule has 0 bridgehead atoms. The highest BCUT2D eigenvalue weighted by Crippen LogP contribution is 2.07. The Bertz CT molecular complexity index is 542. The number of amides is 1. The van der Waals surface area contributed by atoms with Crippen molar-refractivity contribution in [1.29, 1.82) is 0 Å². The molecular weight excluding hydrogens is 324 g/mol. The number of nitrogens with one attached hydrogen (secondary N) is 1. The molecule has 7 nitrogen and oxygen atoms in total. The number of carbonyl (C=O) groups is 3. The monoisotopic (exact) mass is 352 g/mol. The van der Waals surface area contributed by atoms with Crippen molar-refractivity contribution in [1.82, 2.24) is 5.32 Å². The van der Waals surface area contributed by atoms with Crippen molar-refractivity contribution in [3.63, 3.8) is 0 Å². The number of methoxy groups -OCH3 is 1. The van der Waals surface area contributed by atoms with Gasteiger partial charge in [-0.2, -0.15) is 0 Å². The summed E-state index contributed by atoms with van der Waals surface area (Å²) in [5.74, 6) is -1.35. The van der Waals surface area contributed by atoms with Gasteiger partial charge in [-0.3, -0.25) is 9.59 Å². The second kappa shape index (κ2) is 12.0. The summed E-state index contributed by atoms with van der Waals surface area (Å²) < 4.78 is 4.72. The van der Waals surface area contributed by atoms with Gasteiger partial charge >= 0.3 is 5.97 Å². The van der Waals surface area contributed by atoms with Gasteiger partial charge < -0.3 is 20.9 Å². The van der Waals surface area contributed by atoms with Gasteiger partial charge in [0, 0.05) is 6.92 Å². The van der Waals surface area contributed by atoms with Gasteiger partial charge in [0.25, 0.3) is 5.97 Å². The lowest BCUT2D eigenvalue weighted by Crippen LogP contribution is -2.49. The van der Waals surface area contributed by atoms with Crippen LogP contribution in [0.25, 0.3) is 0 Å². The van der Waals surface area contributed by atoms with Crippen molar-refractivity contribution in [3.05, 3.63) is 35.9 Å². The summed E-state index contributed by atoms with van der Waals surface area (Å²) >= 11 is 0. The summed E-state index contributed by atoms with van der Waals surface area (Å²) in [5, 5.41) is 10.1. The minimum atomic E-state index is -0.833. The molecule has 0 heterocycles. The van der Waals surface area contributed by atoms with E-state index in [2.05, 4.69) is 5.32 Å². The third-order valence-corrected chi connectivity index (χ3v) is 3.14. The number of ether oxygens (including phenoxy) is 1. The van der Waals surface area contributed by atoms with Crippen molar-refractivity contribution < 1.29 is 24.2 Å². The maximum absolute atomic E-state index is 12.1. The van der Waals surface area contributed by atoms with Crippen LogP contribution in [0.3, 0.4) is 0 Å². The summed E-state index contributed by atoms with van der Waals surface area (Å²) in [6.45, 7) is 5.04. The Morgan fingerprint density at radius 1 is 1.20 bits per heavy atom. The first-order valence-electron chi connectivity index (χ1n) is 8.04. The molecule has 0 fully saturated rings. The van der Waals surface area contributed by atoms with Crippen LogP contribution < -0.4 is 11.1 Å². The van der Waals surface area contributed by atoms with Gasteiger partial charge in [-0.05, 0) is 24.3 Å². The molecule has 4 N–H and O–H groups in total. The lowest BCUT2D eigenvalue weighted by atomic mass is 10.0. The molecule has 0 radical (unpaired) electrons. The van der Waals surface area contributed by atoms with Gasteiger partial charge in [0.05, 0.1) is 13.2 Å². The molecular formula is C18H28N2O5. The Balaban J connectivity index is 0.00000129. The SMILES string of the molecule is CC(=O)O.COC(=O)[C@H](CC(C)C)NC(=O)C(N)Cc1ccccc1. The van der Waals surface area contributed by atoms with Crippen LogP contribution in [0.5, 0.6) is 0 Å². The van der Waals surface area contributed by atoms with Gasteiger partial charge in [-0.1, -0.05) is 44.2 Å². The molecule has 1 aromatic rings. The van der Waals surface area contributed by atoms with Crippen molar-refractivity contribution >= 4 is 17.8 Å². The fourth-order valence-corrected chi connectivity index (χ4v) is 2.07. The normalized spacial score (nSPS) is 12.4. The largest absolute Gasteiger partial charge is 0.481 e. The van der Waals surface area contributed by atoms with Crippen LogP contribution in [0.4, 0.5) is 0 Å². The zero-order valence-electron chi connectivity index (χ0n) is 15.2. The summed E-state index contributed by atoms with van der Waals surface area (Å²) in [6.07, 6.45) is 0.957. The van der Waals surface area contributed by atoms with E-state index in [-0.39, 0.29) is 11.8 Å². The van der Waals surface area contributed by atoms with Crippen molar-refractivity contribution in [2.45, 2.75) is 45.7 Å². The van der Waals surface area contributed by atoms with Crippen LogP contribution >= 0.6 is 0 Å². The van der Waals surface area contributed by atoms with E-state index < -0.39 is 24.0 Å². The molecule has 25 heavy (non-hydrogen) atoms. The molecule has 0 aliphatic rings. The maximum Gasteiger partial charge on any atom is 0.328 e. The van der Waals surface area contributed by atoms with E-state index in [1.807, 2.05) is 44.2 Å². The number of aliphatic carboxylic acids is 1. The molecule has 1 aromatic carbocycles. The van der Waals surface area contributed by atoms with Crippen molar-refractivity contribution in [2.75, 3.05) is 7.11 Å². The molecule has 0 aliphatic heterocycles. The summed E-state index contributed by atoms with van der Waals surface area (Å²) in [5.41, 5.74) is 6.89. The van der Waals surface area contributed by atoms with E-state index in [4.69, 9.17) is 20.4 Å². The molecule has 0 saturated heterocycles. The van der Waals surface area contributed by atoms with Crippen LogP contribution in [0.1, 0.15) is 32.8 Å². The van der Waals surface area contributed by atoms with Crippen molar-refractivity contribution in [3.8, 4) is 0 Å². The van der Waals surface area contributed by atoms with E-state index in [1.54, 1.807) is 0 Å². The molecule has 7 heteroatoms. The molecule has 1 amide bonds. The number of carboxylic acids is 1. The molecule has 1 rings (SSSR count). The number of hydrogen-bond acceptors (Lipinski definition) is 5. The lowest BCUT2D eigenvalue weighted by Gasteiger charge is -2.20. The molecule has 1 unspecified atom stereocenters. The van der Waals surface area contributed by atoms with Gasteiger partial charge in [0.2, 0.25) is 5.91 Å². The number of rotatable bonds is 7. The van der Waals surface area contributed by atoms with Gasteiger partial charge in [0.1, 0.15) is 6.04 Å². The Morgan fingerprint density at radius 2 is 1.72 bits per heavy atom. The number of carbonyl (C=O) groups excluding carboxylic acids is 2. The summed E-state index contributed by atoms with van der Waals surface area (Å²) in [6, 6.07) is 8.20. The quantitative estimate of drug-likeness (QED) is 0.637. The van der Waals surface area contributed by atoms with Crippen LogP contribution in [0.15, 0.2) is 30.3 Å². The Hall–Kier alpha value is -2.41. The average molecular weight is 352 g/mol. The second-order valence-electron chi connectivity index (χ2n) is 6.03. The smallest absolute Gasteiger partial charge is 0.328 e. The first kappa shape index (κ1) is 22.6. The van der Waals surface area contributed by atoms with E-state index >= 15 is 0 Å². The third kappa shape index (κ3) is 10.9. The van der Waals surface area contributed by atoms with Crippen LogP contribution in [-0.4, -0.2) is 42.1 Å². The first-order chi connectivity index (χ1) is 11.7. The highest BCUT2D eigenvalue weighted by molar-refractivity contribution is 5.87.